The molecule has 0 aliphatic carbocycles. The first-order valence-corrected chi connectivity index (χ1v) is 18.0. The number of hydrogen-bond acceptors (Lipinski definition) is 6. The molecular formula is C42H50N8. The summed E-state index contributed by atoms with van der Waals surface area (Å²) in [5.74, 6) is 0. The monoisotopic (exact) mass is 666 g/mol. The lowest BCUT2D eigenvalue weighted by Gasteiger charge is -2.33. The molecule has 6 aromatic rings. The minimum Gasteiger partial charge on any atom is -0.370 e. The Labute approximate surface area is 297 Å². The molecule has 0 radical (unpaired) electrons. The second kappa shape index (κ2) is 14.7. The van der Waals surface area contributed by atoms with E-state index in [0.717, 1.165) is 41.4 Å². The van der Waals surface area contributed by atoms with Crippen LogP contribution in [0.15, 0.2) is 97.1 Å². The zero-order valence-electron chi connectivity index (χ0n) is 31.0. The highest BCUT2D eigenvalue weighted by Crippen LogP contribution is 2.43. The van der Waals surface area contributed by atoms with Crippen LogP contribution in [0.25, 0.3) is 45.0 Å². The zero-order chi connectivity index (χ0) is 35.5. The Hall–Kier alpha value is -5.24. The molecule has 258 valence electrons. The molecule has 0 amide bonds. The summed E-state index contributed by atoms with van der Waals surface area (Å²) in [5.41, 5.74) is 14.0. The molecule has 8 rings (SSSR count). The van der Waals surface area contributed by atoms with Crippen LogP contribution in [0.1, 0.15) is 78.6 Å². The Morgan fingerprint density at radius 1 is 0.480 bits per heavy atom. The molecule has 0 spiro atoms. The molecule has 0 atom stereocenters. The maximum atomic E-state index is 4.60. The normalized spacial score (nSPS) is 12.8. The van der Waals surface area contributed by atoms with Crippen LogP contribution in [0.4, 0.5) is 11.4 Å². The second-order valence-corrected chi connectivity index (χ2v) is 13.6. The summed E-state index contributed by atoms with van der Waals surface area (Å²) >= 11 is 0. The third-order valence-corrected chi connectivity index (χ3v) is 9.32. The molecule has 8 nitrogen and oxygen atoms in total. The van der Waals surface area contributed by atoms with Gasteiger partial charge in [-0.1, -0.05) is 109 Å². The fraction of sp³-hybridized carbons (Fsp3) is 0.333. The van der Waals surface area contributed by atoms with E-state index in [4.69, 9.17) is 0 Å². The van der Waals surface area contributed by atoms with E-state index in [2.05, 4.69) is 181 Å². The van der Waals surface area contributed by atoms with Crippen LogP contribution in [0, 0.1) is 0 Å². The molecule has 4 heterocycles. The highest BCUT2D eigenvalue weighted by atomic mass is 15.4. The fourth-order valence-electron chi connectivity index (χ4n) is 6.95. The molecule has 2 aliphatic heterocycles. The van der Waals surface area contributed by atoms with Gasteiger partial charge in [0, 0.05) is 71.9 Å². The minimum absolute atomic E-state index is 0.260. The lowest BCUT2D eigenvalue weighted by molar-refractivity contribution is 0.519. The van der Waals surface area contributed by atoms with Gasteiger partial charge in [0.1, 0.15) is 11.4 Å². The van der Waals surface area contributed by atoms with Gasteiger partial charge in [0.2, 0.25) is 0 Å². The Morgan fingerprint density at radius 2 is 0.920 bits per heavy atom. The van der Waals surface area contributed by atoms with Crippen LogP contribution in [-0.2, 0) is 13.1 Å². The molecular weight excluding hydrogens is 617 g/mol. The van der Waals surface area contributed by atoms with Crippen molar-refractivity contribution in [1.82, 2.24) is 30.0 Å². The van der Waals surface area contributed by atoms with E-state index >= 15 is 0 Å². The van der Waals surface area contributed by atoms with E-state index in [-0.39, 0.29) is 12.1 Å². The third-order valence-electron chi connectivity index (χ3n) is 9.32. The predicted octanol–water partition coefficient (Wildman–Crippen LogP) is 10.1. The summed E-state index contributed by atoms with van der Waals surface area (Å²) in [7, 11) is 2.14. The molecule has 2 aromatic heterocycles. The van der Waals surface area contributed by atoms with E-state index < -0.39 is 0 Å². The first kappa shape index (κ1) is 34.6. The van der Waals surface area contributed by atoms with E-state index in [9.17, 15) is 0 Å². The van der Waals surface area contributed by atoms with Gasteiger partial charge in [-0.25, -0.2) is 9.36 Å². The van der Waals surface area contributed by atoms with Gasteiger partial charge in [-0.3, -0.25) is 0 Å². The number of nitrogens with zero attached hydrogens (tertiary/aromatic N) is 8. The van der Waals surface area contributed by atoms with Crippen LogP contribution in [0.5, 0.6) is 0 Å². The largest absolute Gasteiger partial charge is 0.370 e. The number of para-hydroxylation sites is 2. The summed E-state index contributed by atoms with van der Waals surface area (Å²) in [5, 5.41) is 18.1. The second-order valence-electron chi connectivity index (χ2n) is 13.6. The molecule has 2 aliphatic rings. The third kappa shape index (κ3) is 6.30. The molecule has 0 unspecified atom stereocenters. The van der Waals surface area contributed by atoms with Gasteiger partial charge in [0.15, 0.2) is 0 Å². The molecule has 50 heavy (non-hydrogen) atoms. The zero-order valence-corrected chi connectivity index (χ0v) is 31.0. The van der Waals surface area contributed by atoms with Crippen LogP contribution < -0.4 is 9.80 Å². The van der Waals surface area contributed by atoms with Crippen molar-refractivity contribution in [3.63, 3.8) is 0 Å². The summed E-state index contributed by atoms with van der Waals surface area (Å²) < 4.78 is 4.08. The number of anilines is 2. The Bertz CT molecular complexity index is 2070. The maximum Gasteiger partial charge on any atom is 0.123 e. The number of aromatic nitrogens is 6. The summed E-state index contributed by atoms with van der Waals surface area (Å²) in [4.78, 5) is 4.75. The van der Waals surface area contributed by atoms with E-state index in [1.165, 1.54) is 39.2 Å². The summed E-state index contributed by atoms with van der Waals surface area (Å²) in [6.07, 6.45) is 0. The van der Waals surface area contributed by atoms with Gasteiger partial charge < -0.3 is 9.80 Å². The van der Waals surface area contributed by atoms with Crippen molar-refractivity contribution in [1.29, 1.82) is 0 Å². The number of hydrogen-bond donors (Lipinski definition) is 0. The van der Waals surface area contributed by atoms with Crippen molar-refractivity contribution in [3.8, 4) is 45.0 Å². The SMILES string of the molecule is CC.CC(C)N1Cc2ccccc2-c2c(nnn2C(C)C)-c2ccccc21.CC(C)n1nnc2c1-c1ccccc1N(C)Cc1ccccc1-2. The Balaban J connectivity index is 0.000000165. The standard InChI is InChI=1S/C21H24N4.C19H20N4.C2H6/c1-14(2)24-13-16-9-5-6-10-17(16)21-20(22-23-25(21)15(3)4)18-11-7-8-12-19(18)24;1-13(2)23-19-16-10-6-7-11-17(16)22(3)12-14-8-4-5-9-15(14)18(19)20-21-23;1-2/h5-12,14-15H,13H2,1-4H3;4-11,13H,12H2,1-3H3;1-2H3. The van der Waals surface area contributed by atoms with E-state index in [1.54, 1.807) is 0 Å². The molecule has 4 aromatic carbocycles. The van der Waals surface area contributed by atoms with Crippen LogP contribution in [-0.4, -0.2) is 43.1 Å². The van der Waals surface area contributed by atoms with Gasteiger partial charge >= 0.3 is 0 Å². The lowest BCUT2D eigenvalue weighted by atomic mass is 9.95. The molecule has 0 N–H and O–H groups in total. The van der Waals surface area contributed by atoms with Gasteiger partial charge in [-0.2, -0.15) is 0 Å². The predicted molar refractivity (Wildman–Crippen MR) is 207 cm³/mol. The van der Waals surface area contributed by atoms with Crippen molar-refractivity contribution in [2.24, 2.45) is 0 Å². The van der Waals surface area contributed by atoms with Gasteiger partial charge in [0.05, 0.1) is 11.4 Å². The number of benzene rings is 4. The average molecular weight is 667 g/mol. The quantitative estimate of drug-likeness (QED) is 0.187. The molecule has 0 fully saturated rings. The van der Waals surface area contributed by atoms with Crippen molar-refractivity contribution >= 4 is 11.4 Å². The van der Waals surface area contributed by atoms with Crippen molar-refractivity contribution < 1.29 is 0 Å². The van der Waals surface area contributed by atoms with Crippen LogP contribution in [0.2, 0.25) is 0 Å². The lowest BCUT2D eigenvalue weighted by Crippen LogP contribution is -2.31. The molecule has 0 saturated carbocycles. The first-order valence-electron chi connectivity index (χ1n) is 18.0. The van der Waals surface area contributed by atoms with Crippen molar-refractivity contribution in [2.75, 3.05) is 16.8 Å². The van der Waals surface area contributed by atoms with Crippen LogP contribution >= 0.6 is 0 Å². The number of fused-ring (bicyclic) bond motifs is 10. The Morgan fingerprint density at radius 3 is 1.50 bits per heavy atom. The first-order chi connectivity index (χ1) is 24.2. The Kier molecular flexibility index (Phi) is 10.2. The summed E-state index contributed by atoms with van der Waals surface area (Å²) in [6, 6.07) is 35.1. The van der Waals surface area contributed by atoms with Gasteiger partial charge in [-0.05, 0) is 64.8 Å². The molecule has 0 saturated heterocycles. The van der Waals surface area contributed by atoms with E-state index in [0.29, 0.717) is 6.04 Å². The summed E-state index contributed by atoms with van der Waals surface area (Å²) in [6.45, 7) is 18.8. The fourth-order valence-corrected chi connectivity index (χ4v) is 6.95. The van der Waals surface area contributed by atoms with Crippen molar-refractivity contribution in [2.45, 2.75) is 86.6 Å². The highest BCUT2D eigenvalue weighted by molar-refractivity contribution is 5.89. The molecule has 0 bridgehead atoms. The maximum absolute atomic E-state index is 4.60. The van der Waals surface area contributed by atoms with Crippen molar-refractivity contribution in [3.05, 3.63) is 108 Å². The topological polar surface area (TPSA) is 67.9 Å². The highest BCUT2D eigenvalue weighted by Gasteiger charge is 2.28. The van der Waals surface area contributed by atoms with Gasteiger partial charge in [0.25, 0.3) is 0 Å². The molecule has 8 heteroatoms. The van der Waals surface area contributed by atoms with E-state index in [1.807, 2.05) is 18.5 Å². The average Bonchev–Trinajstić information content (AvgIpc) is 3.76. The minimum atomic E-state index is 0.260. The van der Waals surface area contributed by atoms with Gasteiger partial charge in [-0.15, -0.1) is 10.2 Å². The van der Waals surface area contributed by atoms with Crippen LogP contribution in [0.3, 0.4) is 0 Å². The smallest absolute Gasteiger partial charge is 0.123 e. The number of rotatable bonds is 3.